The molecule has 0 saturated heterocycles. The Hall–Kier alpha value is -3.90. The summed E-state index contributed by atoms with van der Waals surface area (Å²) in [5.41, 5.74) is 6.54. The number of hydrogen-bond donors (Lipinski definition) is 4. The normalized spacial score (nSPS) is 12.6. The molecule has 18 heteroatoms. The molecule has 1 atom stereocenters. The summed E-state index contributed by atoms with van der Waals surface area (Å²) in [7, 11) is 0. The number of nitrogens with two attached hydrogens (primary N) is 2. The van der Waals surface area contributed by atoms with Gasteiger partial charge in [0.1, 0.15) is 28.4 Å². The number of alkyl halides is 4. The van der Waals surface area contributed by atoms with Crippen molar-refractivity contribution in [3.05, 3.63) is 63.1 Å². The maximum atomic E-state index is 14.4. The SMILES string of the molecule is N/C(=C\N(N)CC(F)CCc1nnc(NC(=O)Cc2cncs2)s1)C(=O)NCc1cc(OC(F)(F)F)ccc1F. The molecule has 1 unspecified atom stereocenters. The molecule has 0 bridgehead atoms. The Balaban J connectivity index is 1.42. The van der Waals surface area contributed by atoms with Crippen LogP contribution in [-0.4, -0.2) is 51.1 Å². The Morgan fingerprint density at radius 3 is 2.73 bits per heavy atom. The number of benzene rings is 1. The van der Waals surface area contributed by atoms with Gasteiger partial charge in [0.25, 0.3) is 5.91 Å². The van der Waals surface area contributed by atoms with Crippen molar-refractivity contribution in [3.8, 4) is 5.75 Å². The number of hydrazine groups is 1. The summed E-state index contributed by atoms with van der Waals surface area (Å²) >= 11 is 2.45. The van der Waals surface area contributed by atoms with Crippen LogP contribution in [0.3, 0.4) is 0 Å². The zero-order valence-electron chi connectivity index (χ0n) is 20.5. The van der Waals surface area contributed by atoms with Crippen molar-refractivity contribution < 1.29 is 36.3 Å². The molecule has 2 amide bonds. The standard InChI is InChI=1S/C22H23F5N8O3S2/c23-13(1-4-19-33-34-21(40-19)32-18(36)6-15-8-30-11-39-15)9-35(29)10-17(28)20(37)31-7-12-5-14(2-3-16(12)24)38-22(25,26)27/h2-3,5,8,10-11,13H,1,4,6-7,9,28-29H2,(H,31,37)(H,32,34,36)/b17-10-. The number of nitrogens with one attached hydrogen (secondary N) is 2. The average Bonchev–Trinajstić information content (AvgIpc) is 3.53. The summed E-state index contributed by atoms with van der Waals surface area (Å²) in [6.07, 6.45) is -3.50. The van der Waals surface area contributed by atoms with E-state index in [-0.39, 0.29) is 42.4 Å². The Kier molecular flexibility index (Phi) is 10.7. The molecule has 0 aliphatic heterocycles. The highest BCUT2D eigenvalue weighted by molar-refractivity contribution is 7.15. The molecule has 11 nitrogen and oxygen atoms in total. The molecular weight excluding hydrogens is 583 g/mol. The number of nitrogens with zero attached hydrogens (tertiary/aromatic N) is 4. The van der Waals surface area contributed by atoms with Gasteiger partial charge in [-0.25, -0.2) is 14.6 Å². The topological polar surface area (TPSA) is 161 Å². The molecular formula is C22H23F5N8O3S2. The number of aryl methyl sites for hydroxylation is 1. The van der Waals surface area contributed by atoms with Crippen LogP contribution in [0.2, 0.25) is 0 Å². The quantitative estimate of drug-likeness (QED) is 0.0993. The molecule has 216 valence electrons. The lowest BCUT2D eigenvalue weighted by molar-refractivity contribution is -0.274. The first-order valence-electron chi connectivity index (χ1n) is 11.3. The summed E-state index contributed by atoms with van der Waals surface area (Å²) < 4.78 is 69.2. The third-order valence-electron chi connectivity index (χ3n) is 4.87. The third-order valence-corrected chi connectivity index (χ3v) is 6.55. The second-order valence-electron chi connectivity index (χ2n) is 8.09. The average molecular weight is 607 g/mol. The number of hydrogen-bond acceptors (Lipinski definition) is 11. The number of anilines is 1. The van der Waals surface area contributed by atoms with Crippen LogP contribution >= 0.6 is 22.7 Å². The van der Waals surface area contributed by atoms with E-state index >= 15 is 0 Å². The summed E-state index contributed by atoms with van der Waals surface area (Å²) in [5, 5.41) is 14.3. The number of amides is 2. The van der Waals surface area contributed by atoms with Crippen LogP contribution in [0.1, 0.15) is 21.9 Å². The zero-order valence-corrected chi connectivity index (χ0v) is 22.1. The largest absolute Gasteiger partial charge is 0.573 e. The minimum Gasteiger partial charge on any atom is -0.406 e. The van der Waals surface area contributed by atoms with Gasteiger partial charge in [-0.15, -0.1) is 34.7 Å². The molecule has 0 fully saturated rings. The monoisotopic (exact) mass is 606 g/mol. The van der Waals surface area contributed by atoms with E-state index < -0.39 is 42.2 Å². The molecule has 40 heavy (non-hydrogen) atoms. The second kappa shape index (κ2) is 13.9. The number of rotatable bonds is 13. The lowest BCUT2D eigenvalue weighted by atomic mass is 10.2. The van der Waals surface area contributed by atoms with Crippen LogP contribution in [0, 0.1) is 5.82 Å². The van der Waals surface area contributed by atoms with E-state index in [1.54, 1.807) is 11.7 Å². The minimum absolute atomic E-state index is 0.00665. The Morgan fingerprint density at radius 1 is 1.25 bits per heavy atom. The predicted molar refractivity (Wildman–Crippen MR) is 136 cm³/mol. The van der Waals surface area contributed by atoms with Gasteiger partial charge in [-0.05, 0) is 24.6 Å². The number of aromatic nitrogens is 3. The number of carbonyl (C=O) groups is 2. The molecule has 1 aromatic carbocycles. The summed E-state index contributed by atoms with van der Waals surface area (Å²) in [6, 6.07) is 2.33. The van der Waals surface area contributed by atoms with Crippen molar-refractivity contribution in [2.45, 2.75) is 38.3 Å². The molecule has 0 aliphatic rings. The lowest BCUT2D eigenvalue weighted by Crippen LogP contribution is -2.36. The second-order valence-corrected chi connectivity index (χ2v) is 10.1. The van der Waals surface area contributed by atoms with Gasteiger partial charge in [-0.2, -0.15) is 0 Å². The van der Waals surface area contributed by atoms with Crippen molar-refractivity contribution in [2.24, 2.45) is 11.6 Å². The van der Waals surface area contributed by atoms with Gasteiger partial charge in [0.2, 0.25) is 11.0 Å². The van der Waals surface area contributed by atoms with Gasteiger partial charge < -0.3 is 26.1 Å². The highest BCUT2D eigenvalue weighted by atomic mass is 32.1. The van der Waals surface area contributed by atoms with Gasteiger partial charge in [0.15, 0.2) is 0 Å². The number of carbonyl (C=O) groups excluding carboxylic acids is 2. The number of ether oxygens (including phenoxy) is 1. The van der Waals surface area contributed by atoms with Crippen LogP contribution in [0.25, 0.3) is 0 Å². The number of halogens is 5. The van der Waals surface area contributed by atoms with E-state index in [4.69, 9.17) is 11.6 Å². The summed E-state index contributed by atoms with van der Waals surface area (Å²) in [4.78, 5) is 28.9. The van der Waals surface area contributed by atoms with Gasteiger partial charge in [-0.1, -0.05) is 11.3 Å². The maximum absolute atomic E-state index is 14.4. The van der Waals surface area contributed by atoms with Gasteiger partial charge >= 0.3 is 6.36 Å². The van der Waals surface area contributed by atoms with Crippen molar-refractivity contribution in [1.29, 1.82) is 0 Å². The van der Waals surface area contributed by atoms with E-state index in [1.165, 1.54) is 11.3 Å². The third kappa shape index (κ3) is 10.3. The zero-order chi connectivity index (χ0) is 29.3. The fourth-order valence-electron chi connectivity index (χ4n) is 3.11. The van der Waals surface area contributed by atoms with Crippen LogP contribution in [0.15, 0.2) is 41.8 Å². The first-order valence-corrected chi connectivity index (χ1v) is 13.0. The highest BCUT2D eigenvalue weighted by Gasteiger charge is 2.31. The van der Waals surface area contributed by atoms with Crippen molar-refractivity contribution in [3.63, 3.8) is 0 Å². The first-order chi connectivity index (χ1) is 18.9. The molecule has 2 aromatic heterocycles. The number of thiazole rings is 1. The van der Waals surface area contributed by atoms with Crippen molar-refractivity contribution in [1.82, 2.24) is 25.5 Å². The van der Waals surface area contributed by atoms with E-state index in [2.05, 4.69) is 30.6 Å². The van der Waals surface area contributed by atoms with Crippen molar-refractivity contribution >= 4 is 39.6 Å². The summed E-state index contributed by atoms with van der Waals surface area (Å²) in [5.74, 6) is 2.97. The van der Waals surface area contributed by atoms with E-state index in [0.717, 1.165) is 45.6 Å². The van der Waals surface area contributed by atoms with Gasteiger partial charge in [0.05, 0.1) is 18.5 Å². The van der Waals surface area contributed by atoms with E-state index in [1.807, 2.05) is 0 Å². The Labute approximate surface area is 232 Å². The molecule has 6 N–H and O–H groups in total. The molecule has 3 aromatic rings. The molecule has 0 spiro atoms. The first kappa shape index (κ1) is 30.6. The molecule has 2 heterocycles. The van der Waals surface area contributed by atoms with Crippen LogP contribution < -0.4 is 26.9 Å². The van der Waals surface area contributed by atoms with Gasteiger partial charge in [0, 0.05) is 35.8 Å². The maximum Gasteiger partial charge on any atom is 0.573 e. The van der Waals surface area contributed by atoms with Crippen LogP contribution in [-0.2, 0) is 29.0 Å². The molecule has 0 radical (unpaired) electrons. The van der Waals surface area contributed by atoms with Crippen LogP contribution in [0.5, 0.6) is 5.75 Å². The van der Waals surface area contributed by atoms with Crippen molar-refractivity contribution in [2.75, 3.05) is 11.9 Å². The van der Waals surface area contributed by atoms with E-state index in [9.17, 15) is 31.5 Å². The summed E-state index contributed by atoms with van der Waals surface area (Å²) in [6.45, 7) is -0.837. The Morgan fingerprint density at radius 2 is 2.02 bits per heavy atom. The fraction of sp³-hybridized carbons (Fsp3) is 0.318. The molecule has 0 aliphatic carbocycles. The van der Waals surface area contributed by atoms with Gasteiger partial charge in [-0.3, -0.25) is 14.6 Å². The molecule has 3 rings (SSSR count). The highest BCUT2D eigenvalue weighted by Crippen LogP contribution is 2.25. The predicted octanol–water partition coefficient (Wildman–Crippen LogP) is 2.78. The van der Waals surface area contributed by atoms with E-state index in [0.29, 0.717) is 5.01 Å². The minimum atomic E-state index is -4.97. The lowest BCUT2D eigenvalue weighted by Gasteiger charge is -2.17. The van der Waals surface area contributed by atoms with Crippen LogP contribution in [0.4, 0.5) is 27.1 Å². The Bertz CT molecular complexity index is 1320. The fourth-order valence-corrected chi connectivity index (χ4v) is 4.47. The smallest absolute Gasteiger partial charge is 0.406 e. The molecule has 0 saturated carbocycles.